The Balaban J connectivity index is 1.60. The van der Waals surface area contributed by atoms with Gasteiger partial charge in [-0.05, 0) is 31.0 Å². The summed E-state index contributed by atoms with van der Waals surface area (Å²) in [6.45, 7) is 4.77. The molecule has 0 radical (unpaired) electrons. The predicted molar refractivity (Wildman–Crippen MR) is 113 cm³/mol. The quantitative estimate of drug-likeness (QED) is 0.744. The van der Waals surface area contributed by atoms with Crippen molar-refractivity contribution in [2.24, 2.45) is 10.2 Å². The van der Waals surface area contributed by atoms with Crippen molar-refractivity contribution in [2.45, 2.75) is 20.4 Å². The average Bonchev–Trinajstić information content (AvgIpc) is 3.01. The molecule has 0 saturated carbocycles. The summed E-state index contributed by atoms with van der Waals surface area (Å²) in [6, 6.07) is 18.1. The summed E-state index contributed by atoms with van der Waals surface area (Å²) in [5.74, 6) is 0.536. The monoisotopic (exact) mass is 376 g/mol. The summed E-state index contributed by atoms with van der Waals surface area (Å²) in [5.41, 5.74) is 4.71. The van der Waals surface area contributed by atoms with Gasteiger partial charge in [0.05, 0.1) is 5.71 Å². The van der Waals surface area contributed by atoms with E-state index in [1.807, 2.05) is 66.9 Å². The molecular weight excluding hydrogens is 356 g/mol. The number of hydrogen-bond donors (Lipinski definition) is 1. The van der Waals surface area contributed by atoms with Gasteiger partial charge in [-0.3, -0.25) is 10.1 Å². The first-order chi connectivity index (χ1) is 13.2. The number of aryl methyl sites for hydroxylation is 2. The molecule has 3 aromatic rings. The Morgan fingerprint density at radius 1 is 1.11 bits per heavy atom. The lowest BCUT2D eigenvalue weighted by Crippen LogP contribution is -2.32. The van der Waals surface area contributed by atoms with Gasteiger partial charge in [0.15, 0.2) is 5.17 Å². The molecule has 2 aromatic carbocycles. The minimum atomic E-state index is -0.143. The number of carbonyl (C=O) groups excluding carboxylic acids is 1. The first kappa shape index (κ1) is 17.5. The van der Waals surface area contributed by atoms with Crippen LogP contribution in [-0.4, -0.2) is 27.1 Å². The number of hydrogen-bond acceptors (Lipinski definition) is 4. The van der Waals surface area contributed by atoms with E-state index < -0.39 is 0 Å². The maximum atomic E-state index is 13.0. The molecule has 6 heteroatoms. The molecule has 27 heavy (non-hydrogen) atoms. The number of amidine groups is 1. The minimum Gasteiger partial charge on any atom is -0.337 e. The fourth-order valence-electron chi connectivity index (χ4n) is 3.39. The van der Waals surface area contributed by atoms with E-state index in [1.165, 1.54) is 11.8 Å². The van der Waals surface area contributed by atoms with Crippen LogP contribution in [0.3, 0.4) is 0 Å². The lowest BCUT2D eigenvalue weighted by molar-refractivity contribution is 0.0969. The van der Waals surface area contributed by atoms with Crippen LogP contribution in [0.1, 0.15) is 28.5 Å². The molecule has 0 atom stereocenters. The van der Waals surface area contributed by atoms with Crippen molar-refractivity contribution in [1.82, 2.24) is 9.88 Å². The van der Waals surface area contributed by atoms with Gasteiger partial charge in [0.25, 0.3) is 5.91 Å². The molecule has 0 bridgehead atoms. The van der Waals surface area contributed by atoms with Crippen LogP contribution in [0.4, 0.5) is 0 Å². The predicted octanol–water partition coefficient (Wildman–Crippen LogP) is 4.21. The first-order valence-electron chi connectivity index (χ1n) is 8.91. The van der Waals surface area contributed by atoms with Crippen molar-refractivity contribution < 1.29 is 4.79 Å². The summed E-state index contributed by atoms with van der Waals surface area (Å²) in [5, 5.41) is 13.1. The van der Waals surface area contributed by atoms with Gasteiger partial charge in [0.1, 0.15) is 5.69 Å². The number of nitrogens with one attached hydrogen (secondary N) is 1. The third-order valence-corrected chi connectivity index (χ3v) is 5.56. The Bertz CT molecular complexity index is 1070. The second kappa shape index (κ2) is 7.40. The molecule has 136 valence electrons. The van der Waals surface area contributed by atoms with Crippen molar-refractivity contribution in [3.8, 4) is 0 Å². The number of fused-ring (bicyclic) bond motifs is 1. The van der Waals surface area contributed by atoms with Gasteiger partial charge in [-0.2, -0.15) is 5.10 Å². The zero-order valence-electron chi connectivity index (χ0n) is 15.3. The average molecular weight is 376 g/mol. The molecule has 0 fully saturated rings. The van der Waals surface area contributed by atoms with Crippen LogP contribution in [0.25, 0.3) is 10.9 Å². The third kappa shape index (κ3) is 3.28. The Kier molecular flexibility index (Phi) is 4.81. The smallest absolute Gasteiger partial charge is 0.274 e. The number of aromatic nitrogens is 1. The molecule has 4 rings (SSSR count). The maximum absolute atomic E-state index is 13.0. The topological polar surface area (TPSA) is 58.8 Å². The lowest BCUT2D eigenvalue weighted by atomic mass is 10.1. The molecule has 1 aliphatic rings. The maximum Gasteiger partial charge on any atom is 0.274 e. The van der Waals surface area contributed by atoms with Gasteiger partial charge in [-0.15, -0.1) is 5.10 Å². The van der Waals surface area contributed by atoms with Gasteiger partial charge in [-0.25, -0.2) is 0 Å². The van der Waals surface area contributed by atoms with E-state index in [-0.39, 0.29) is 5.91 Å². The van der Waals surface area contributed by atoms with Gasteiger partial charge < -0.3 is 4.57 Å². The molecule has 1 N–H and O–H groups in total. The second-order valence-corrected chi connectivity index (χ2v) is 7.26. The van der Waals surface area contributed by atoms with Crippen LogP contribution in [0.2, 0.25) is 0 Å². The summed E-state index contributed by atoms with van der Waals surface area (Å²) in [7, 11) is 0. The van der Waals surface area contributed by atoms with Crippen LogP contribution in [0.5, 0.6) is 0 Å². The fourth-order valence-corrected chi connectivity index (χ4v) is 4.15. The lowest BCUT2D eigenvalue weighted by Gasteiger charge is -2.14. The second-order valence-electron chi connectivity index (χ2n) is 6.30. The molecule has 1 aliphatic heterocycles. The van der Waals surface area contributed by atoms with Crippen LogP contribution in [-0.2, 0) is 6.54 Å². The van der Waals surface area contributed by atoms with E-state index in [1.54, 1.807) is 0 Å². The molecule has 2 heterocycles. The molecule has 1 aromatic heterocycles. The third-order valence-electron chi connectivity index (χ3n) is 4.69. The Morgan fingerprint density at radius 2 is 1.85 bits per heavy atom. The van der Waals surface area contributed by atoms with Crippen LogP contribution < -0.4 is 5.32 Å². The first-order valence-corrected chi connectivity index (χ1v) is 9.89. The molecular formula is C21H20N4OS. The summed E-state index contributed by atoms with van der Waals surface area (Å²) >= 11 is 1.49. The van der Waals surface area contributed by atoms with Gasteiger partial charge >= 0.3 is 0 Å². The highest BCUT2D eigenvalue weighted by molar-refractivity contribution is 8.14. The number of amides is 1. The fraction of sp³-hybridized carbons (Fsp3) is 0.190. The SMILES string of the molecule is CCn1c(C(=O)NC2=NN=C(c3ccccc3)CS2)c(C)c2ccccc21. The van der Waals surface area contributed by atoms with Gasteiger partial charge in [0.2, 0.25) is 0 Å². The van der Waals surface area contributed by atoms with E-state index >= 15 is 0 Å². The van der Waals surface area contributed by atoms with Crippen molar-refractivity contribution in [2.75, 3.05) is 5.75 Å². The Morgan fingerprint density at radius 3 is 2.56 bits per heavy atom. The Labute approximate surface area is 162 Å². The number of nitrogens with zero attached hydrogens (tertiary/aromatic N) is 3. The van der Waals surface area contributed by atoms with E-state index in [2.05, 4.69) is 21.6 Å². The van der Waals surface area contributed by atoms with Crippen LogP contribution in [0, 0.1) is 6.92 Å². The largest absolute Gasteiger partial charge is 0.337 e. The highest BCUT2D eigenvalue weighted by Crippen LogP contribution is 2.26. The molecule has 0 aliphatic carbocycles. The van der Waals surface area contributed by atoms with E-state index in [0.29, 0.717) is 16.6 Å². The zero-order valence-corrected chi connectivity index (χ0v) is 16.1. The van der Waals surface area contributed by atoms with E-state index in [0.717, 1.165) is 34.3 Å². The van der Waals surface area contributed by atoms with Crippen molar-refractivity contribution in [3.63, 3.8) is 0 Å². The number of carbonyl (C=O) groups is 1. The Hall–Kier alpha value is -2.86. The molecule has 0 saturated heterocycles. The highest BCUT2D eigenvalue weighted by Gasteiger charge is 2.22. The van der Waals surface area contributed by atoms with Crippen molar-refractivity contribution in [1.29, 1.82) is 0 Å². The zero-order chi connectivity index (χ0) is 18.8. The summed E-state index contributed by atoms with van der Waals surface area (Å²) < 4.78 is 2.05. The number of rotatable bonds is 3. The molecule has 1 amide bonds. The van der Waals surface area contributed by atoms with Gasteiger partial charge in [0, 0.05) is 23.2 Å². The van der Waals surface area contributed by atoms with Crippen LogP contribution >= 0.6 is 11.8 Å². The summed E-state index contributed by atoms with van der Waals surface area (Å²) in [4.78, 5) is 13.0. The normalized spacial score (nSPS) is 14.0. The number of para-hydroxylation sites is 1. The highest BCUT2D eigenvalue weighted by atomic mass is 32.2. The number of thioether (sulfide) groups is 1. The minimum absolute atomic E-state index is 0.143. The van der Waals surface area contributed by atoms with E-state index in [9.17, 15) is 4.79 Å². The van der Waals surface area contributed by atoms with Crippen LogP contribution in [0.15, 0.2) is 64.8 Å². The number of benzene rings is 2. The van der Waals surface area contributed by atoms with E-state index in [4.69, 9.17) is 0 Å². The molecule has 0 spiro atoms. The summed E-state index contributed by atoms with van der Waals surface area (Å²) in [6.07, 6.45) is 0. The van der Waals surface area contributed by atoms with Crippen molar-refractivity contribution in [3.05, 3.63) is 71.4 Å². The molecule has 0 unspecified atom stereocenters. The standard InChI is InChI=1S/C21H20N4OS/c1-3-25-18-12-8-7-11-16(18)14(2)19(25)20(26)22-21-24-23-17(13-27-21)15-9-5-4-6-10-15/h4-12H,3,13H2,1-2H3,(H,22,24,26). The molecule has 5 nitrogen and oxygen atoms in total. The van der Waals surface area contributed by atoms with Crippen molar-refractivity contribution >= 4 is 39.5 Å². The van der Waals surface area contributed by atoms with Gasteiger partial charge in [-0.1, -0.05) is 60.3 Å².